The Kier molecular flexibility index (Phi) is 5.57. The Morgan fingerprint density at radius 3 is 1.68 bits per heavy atom. The largest absolute Gasteiger partial charge is 0.449 e. The normalized spacial score (nSPS) is 19.3. The second-order valence-corrected chi connectivity index (χ2v) is 8.89. The third-order valence-corrected chi connectivity index (χ3v) is 6.31. The molecule has 0 saturated heterocycles. The molecule has 0 aromatic heterocycles. The summed E-state index contributed by atoms with van der Waals surface area (Å²) in [5.74, 6) is 0.710. The van der Waals surface area contributed by atoms with Crippen molar-refractivity contribution in [3.63, 3.8) is 0 Å². The molecule has 3 aromatic carbocycles. The molecule has 0 bridgehead atoms. The fourth-order valence-corrected chi connectivity index (χ4v) is 4.20. The summed E-state index contributed by atoms with van der Waals surface area (Å²) in [6.07, 6.45) is 0.634. The summed E-state index contributed by atoms with van der Waals surface area (Å²) in [7, 11) is 0. The van der Waals surface area contributed by atoms with Crippen molar-refractivity contribution in [2.75, 3.05) is 0 Å². The predicted octanol–water partition coefficient (Wildman–Crippen LogP) is 6.80. The van der Waals surface area contributed by atoms with E-state index in [1.54, 1.807) is 0 Å². The zero-order chi connectivity index (χ0) is 22.2. The van der Waals surface area contributed by atoms with Gasteiger partial charge in [0.1, 0.15) is 11.5 Å². The molecule has 4 rings (SSSR count). The van der Waals surface area contributed by atoms with Crippen LogP contribution >= 0.6 is 0 Å². The molecule has 0 aliphatic heterocycles. The Labute approximate surface area is 186 Å². The number of rotatable bonds is 7. The number of benzene rings is 3. The van der Waals surface area contributed by atoms with Crippen molar-refractivity contribution in [2.24, 2.45) is 0 Å². The lowest BCUT2D eigenvalue weighted by Gasteiger charge is -2.30. The zero-order valence-corrected chi connectivity index (χ0v) is 19.4. The fourth-order valence-electron chi connectivity index (χ4n) is 4.20. The SMILES string of the molecule is Cc1cccc(OC2(Oc3cccc(C)c3C)CC2(OC(C)C)c2ccccc2)c1C. The molecule has 3 nitrogen and oxygen atoms in total. The van der Waals surface area contributed by atoms with Crippen LogP contribution < -0.4 is 9.47 Å². The first-order valence-corrected chi connectivity index (χ1v) is 11.0. The smallest absolute Gasteiger partial charge is 0.288 e. The van der Waals surface area contributed by atoms with Crippen LogP contribution in [0.4, 0.5) is 0 Å². The van der Waals surface area contributed by atoms with Crippen molar-refractivity contribution in [3.05, 3.63) is 94.5 Å². The Morgan fingerprint density at radius 1 is 0.677 bits per heavy atom. The monoisotopic (exact) mass is 416 g/mol. The van der Waals surface area contributed by atoms with E-state index < -0.39 is 11.4 Å². The van der Waals surface area contributed by atoms with Crippen molar-refractivity contribution in [3.8, 4) is 11.5 Å². The first-order chi connectivity index (χ1) is 14.8. The van der Waals surface area contributed by atoms with Gasteiger partial charge in [0.05, 0.1) is 12.5 Å². The van der Waals surface area contributed by atoms with Gasteiger partial charge in [-0.3, -0.25) is 0 Å². The molecular weight excluding hydrogens is 384 g/mol. The third-order valence-electron chi connectivity index (χ3n) is 6.31. The molecule has 162 valence electrons. The van der Waals surface area contributed by atoms with E-state index in [0.29, 0.717) is 6.42 Å². The van der Waals surface area contributed by atoms with Crippen LogP contribution in [0, 0.1) is 27.7 Å². The van der Waals surface area contributed by atoms with Crippen LogP contribution in [0.5, 0.6) is 11.5 Å². The molecule has 3 heteroatoms. The second kappa shape index (κ2) is 8.05. The average Bonchev–Trinajstić information content (AvgIpc) is 3.35. The van der Waals surface area contributed by atoms with Crippen molar-refractivity contribution in [1.29, 1.82) is 0 Å². The minimum Gasteiger partial charge on any atom is -0.449 e. The van der Waals surface area contributed by atoms with Gasteiger partial charge in [0.25, 0.3) is 5.79 Å². The minimum atomic E-state index is -0.949. The highest BCUT2D eigenvalue weighted by molar-refractivity contribution is 5.45. The average molecular weight is 417 g/mol. The molecule has 31 heavy (non-hydrogen) atoms. The fraction of sp³-hybridized carbons (Fsp3) is 0.357. The highest BCUT2D eigenvalue weighted by Crippen LogP contribution is 2.62. The molecule has 0 heterocycles. The lowest BCUT2D eigenvalue weighted by Crippen LogP contribution is -2.39. The molecule has 1 aliphatic rings. The van der Waals surface area contributed by atoms with Gasteiger partial charge in [0.2, 0.25) is 0 Å². The predicted molar refractivity (Wildman–Crippen MR) is 125 cm³/mol. The van der Waals surface area contributed by atoms with Crippen LogP contribution in [0.15, 0.2) is 66.7 Å². The minimum absolute atomic E-state index is 0.0199. The highest BCUT2D eigenvalue weighted by Gasteiger charge is 2.77. The Morgan fingerprint density at radius 2 is 1.19 bits per heavy atom. The van der Waals surface area contributed by atoms with E-state index in [-0.39, 0.29) is 6.10 Å². The van der Waals surface area contributed by atoms with Gasteiger partial charge < -0.3 is 14.2 Å². The molecule has 0 radical (unpaired) electrons. The van der Waals surface area contributed by atoms with Gasteiger partial charge in [-0.25, -0.2) is 0 Å². The van der Waals surface area contributed by atoms with E-state index in [1.807, 2.05) is 42.5 Å². The van der Waals surface area contributed by atoms with E-state index in [1.165, 1.54) is 11.1 Å². The molecule has 3 aromatic rings. The van der Waals surface area contributed by atoms with Gasteiger partial charge >= 0.3 is 0 Å². The summed E-state index contributed by atoms with van der Waals surface area (Å²) < 4.78 is 20.1. The van der Waals surface area contributed by atoms with Gasteiger partial charge in [-0.2, -0.15) is 0 Å². The van der Waals surface area contributed by atoms with Gasteiger partial charge in [0, 0.05) is 0 Å². The molecule has 0 N–H and O–H groups in total. The summed E-state index contributed by atoms with van der Waals surface area (Å²) in [6, 6.07) is 22.6. The zero-order valence-electron chi connectivity index (χ0n) is 19.4. The van der Waals surface area contributed by atoms with Crippen molar-refractivity contribution in [1.82, 2.24) is 0 Å². The van der Waals surface area contributed by atoms with Crippen molar-refractivity contribution < 1.29 is 14.2 Å². The molecular formula is C28H32O3. The van der Waals surface area contributed by atoms with E-state index in [9.17, 15) is 0 Å². The first kappa shape index (κ1) is 21.5. The number of hydrogen-bond donors (Lipinski definition) is 0. The summed E-state index contributed by atoms with van der Waals surface area (Å²) in [5.41, 5.74) is 4.99. The van der Waals surface area contributed by atoms with Crippen molar-refractivity contribution >= 4 is 0 Å². The molecule has 1 aliphatic carbocycles. The quantitative estimate of drug-likeness (QED) is 0.397. The maximum atomic E-state index is 6.75. The van der Waals surface area contributed by atoms with Crippen molar-refractivity contribution in [2.45, 2.75) is 65.5 Å². The van der Waals surface area contributed by atoms with Gasteiger partial charge in [0.15, 0.2) is 5.60 Å². The Hall–Kier alpha value is -2.78. The van der Waals surface area contributed by atoms with E-state index in [4.69, 9.17) is 14.2 Å². The Bertz CT molecular complexity index is 1020. The van der Waals surface area contributed by atoms with Crippen LogP contribution in [0.3, 0.4) is 0 Å². The number of hydrogen-bond acceptors (Lipinski definition) is 3. The maximum absolute atomic E-state index is 6.75. The topological polar surface area (TPSA) is 27.7 Å². The van der Waals surface area contributed by atoms with E-state index in [2.05, 4.69) is 65.8 Å². The van der Waals surface area contributed by atoms with Crippen LogP contribution in [-0.4, -0.2) is 11.9 Å². The van der Waals surface area contributed by atoms with Gasteiger partial charge in [-0.05, 0) is 81.5 Å². The lowest BCUT2D eigenvalue weighted by molar-refractivity contribution is -0.135. The third kappa shape index (κ3) is 3.83. The number of ether oxygens (including phenoxy) is 3. The summed E-state index contributed by atoms with van der Waals surface area (Å²) >= 11 is 0. The molecule has 1 fully saturated rings. The molecule has 1 unspecified atom stereocenters. The van der Waals surface area contributed by atoms with Crippen LogP contribution in [0.2, 0.25) is 0 Å². The molecule has 1 saturated carbocycles. The molecule has 0 amide bonds. The Balaban J connectivity index is 1.83. The van der Waals surface area contributed by atoms with Gasteiger partial charge in [-0.1, -0.05) is 54.6 Å². The second-order valence-electron chi connectivity index (χ2n) is 8.89. The van der Waals surface area contributed by atoms with Crippen LogP contribution in [0.1, 0.15) is 48.1 Å². The van der Waals surface area contributed by atoms with Gasteiger partial charge in [-0.15, -0.1) is 0 Å². The van der Waals surface area contributed by atoms with Crippen LogP contribution in [0.25, 0.3) is 0 Å². The maximum Gasteiger partial charge on any atom is 0.288 e. The van der Waals surface area contributed by atoms with Crippen LogP contribution in [-0.2, 0) is 10.3 Å². The van der Waals surface area contributed by atoms with E-state index in [0.717, 1.165) is 28.2 Å². The first-order valence-electron chi connectivity index (χ1n) is 11.0. The number of aryl methyl sites for hydroxylation is 2. The molecule has 1 atom stereocenters. The standard InChI is InChI=1S/C28H32O3/c1-19(2)29-27(24-14-8-7-9-15-24)18-28(27,30-25-16-10-12-20(3)22(25)5)31-26-17-11-13-21(4)23(26)6/h7-17,19H,18H2,1-6H3. The summed E-state index contributed by atoms with van der Waals surface area (Å²) in [6.45, 7) is 12.5. The summed E-state index contributed by atoms with van der Waals surface area (Å²) in [4.78, 5) is 0. The highest BCUT2D eigenvalue weighted by atomic mass is 16.7. The summed E-state index contributed by atoms with van der Waals surface area (Å²) in [5, 5.41) is 0. The lowest BCUT2D eigenvalue weighted by atomic mass is 10.1. The van der Waals surface area contributed by atoms with E-state index >= 15 is 0 Å². The molecule has 0 spiro atoms.